The van der Waals surface area contributed by atoms with Crippen molar-refractivity contribution >= 4 is 79.7 Å². The highest BCUT2D eigenvalue weighted by molar-refractivity contribution is 14.1. The molecule has 0 spiro atoms. The monoisotopic (exact) mass is 694 g/mol. The van der Waals surface area contributed by atoms with Crippen molar-refractivity contribution in [3.8, 4) is 11.5 Å². The van der Waals surface area contributed by atoms with E-state index in [1.807, 2.05) is 32.0 Å². The van der Waals surface area contributed by atoms with Gasteiger partial charge in [-0.05, 0) is 102 Å². The Labute approximate surface area is 241 Å². The molecule has 4 amide bonds. The van der Waals surface area contributed by atoms with Gasteiger partial charge in [-0.3, -0.25) is 14.9 Å². The molecule has 1 fully saturated rings. The van der Waals surface area contributed by atoms with Gasteiger partial charge in [0, 0.05) is 9.50 Å². The summed E-state index contributed by atoms with van der Waals surface area (Å²) in [5.74, 6) is -0.492. The Morgan fingerprint density at radius 1 is 1.08 bits per heavy atom. The standard InChI is InChI=1S/C27H21BrClIN2O5/c1-3-36-23-13-17(12-22(30)24(23)37-14-16-5-4-6-18(29)10-16)11-20-25(33)31-27(35)32(26(20)34)19-7-8-21(28)15(2)9-19/h4-13H,3,14H2,1-2H3,(H,31,33,35)/b20-11-. The van der Waals surface area contributed by atoms with Crippen LogP contribution in [-0.4, -0.2) is 24.5 Å². The molecule has 37 heavy (non-hydrogen) atoms. The zero-order valence-electron chi connectivity index (χ0n) is 19.8. The summed E-state index contributed by atoms with van der Waals surface area (Å²) in [5.41, 5.74) is 2.46. The molecule has 0 aromatic heterocycles. The van der Waals surface area contributed by atoms with E-state index < -0.39 is 17.8 Å². The molecule has 1 saturated heterocycles. The third-order valence-corrected chi connectivity index (χ3v) is 7.34. The third kappa shape index (κ3) is 6.16. The minimum absolute atomic E-state index is 0.175. The number of halogens is 3. The number of hydrogen-bond donors (Lipinski definition) is 1. The molecule has 3 aromatic rings. The lowest BCUT2D eigenvalue weighted by molar-refractivity contribution is -0.122. The number of nitrogens with zero attached hydrogens (tertiary/aromatic N) is 1. The molecular formula is C27H21BrClIN2O5. The molecule has 0 bridgehead atoms. The quantitative estimate of drug-likeness (QED) is 0.170. The molecule has 0 aliphatic carbocycles. The van der Waals surface area contributed by atoms with Crippen LogP contribution in [0.5, 0.6) is 11.5 Å². The number of carbonyl (C=O) groups is 3. The van der Waals surface area contributed by atoms with Crippen molar-refractivity contribution in [1.82, 2.24) is 5.32 Å². The van der Waals surface area contributed by atoms with Gasteiger partial charge in [0.05, 0.1) is 15.9 Å². The van der Waals surface area contributed by atoms with E-state index in [1.54, 1.807) is 36.4 Å². The van der Waals surface area contributed by atoms with Crippen LogP contribution in [0.15, 0.2) is 64.6 Å². The van der Waals surface area contributed by atoms with E-state index in [9.17, 15) is 14.4 Å². The Hall–Kier alpha value is -2.89. The fourth-order valence-electron chi connectivity index (χ4n) is 3.68. The number of ether oxygens (including phenoxy) is 2. The van der Waals surface area contributed by atoms with Crippen molar-refractivity contribution in [3.63, 3.8) is 0 Å². The Morgan fingerprint density at radius 3 is 2.57 bits per heavy atom. The number of benzene rings is 3. The van der Waals surface area contributed by atoms with E-state index in [0.717, 1.165) is 24.1 Å². The molecule has 10 heteroatoms. The van der Waals surface area contributed by atoms with Crippen molar-refractivity contribution in [3.05, 3.63) is 89.9 Å². The highest BCUT2D eigenvalue weighted by Gasteiger charge is 2.37. The van der Waals surface area contributed by atoms with E-state index in [1.165, 1.54) is 6.08 Å². The predicted molar refractivity (Wildman–Crippen MR) is 154 cm³/mol. The van der Waals surface area contributed by atoms with Crippen LogP contribution >= 0.6 is 50.1 Å². The van der Waals surface area contributed by atoms with Gasteiger partial charge < -0.3 is 9.47 Å². The minimum atomic E-state index is -0.803. The smallest absolute Gasteiger partial charge is 0.335 e. The Morgan fingerprint density at radius 2 is 1.86 bits per heavy atom. The van der Waals surface area contributed by atoms with Gasteiger partial charge >= 0.3 is 6.03 Å². The van der Waals surface area contributed by atoms with Crippen LogP contribution in [0.2, 0.25) is 5.02 Å². The fourth-order valence-corrected chi connectivity index (χ4v) is 4.92. The second-order valence-corrected chi connectivity index (χ2v) is 10.5. The van der Waals surface area contributed by atoms with Gasteiger partial charge in [-0.1, -0.05) is 39.7 Å². The van der Waals surface area contributed by atoms with E-state index in [-0.39, 0.29) is 12.2 Å². The number of anilines is 1. The van der Waals surface area contributed by atoms with Crippen molar-refractivity contribution in [1.29, 1.82) is 0 Å². The Bertz CT molecular complexity index is 1440. The van der Waals surface area contributed by atoms with Crippen LogP contribution < -0.4 is 19.7 Å². The number of barbiturate groups is 1. The van der Waals surface area contributed by atoms with Crippen molar-refractivity contribution in [2.75, 3.05) is 11.5 Å². The second kappa shape index (κ2) is 11.7. The molecule has 4 rings (SSSR count). The van der Waals surface area contributed by atoms with Crippen molar-refractivity contribution in [2.45, 2.75) is 20.5 Å². The average Bonchev–Trinajstić information content (AvgIpc) is 2.83. The first kappa shape index (κ1) is 27.2. The van der Waals surface area contributed by atoms with Crippen LogP contribution in [0, 0.1) is 10.5 Å². The lowest BCUT2D eigenvalue weighted by Gasteiger charge is -2.26. The van der Waals surface area contributed by atoms with Crippen molar-refractivity contribution in [2.24, 2.45) is 0 Å². The van der Waals surface area contributed by atoms with Crippen LogP contribution in [0.25, 0.3) is 6.08 Å². The average molecular weight is 696 g/mol. The first-order valence-corrected chi connectivity index (χ1v) is 13.4. The summed E-state index contributed by atoms with van der Waals surface area (Å²) in [7, 11) is 0. The van der Waals surface area contributed by atoms with Gasteiger partial charge in [-0.15, -0.1) is 0 Å². The molecule has 1 heterocycles. The topological polar surface area (TPSA) is 84.9 Å². The predicted octanol–water partition coefficient (Wildman–Crippen LogP) is 6.66. The summed E-state index contributed by atoms with van der Waals surface area (Å²) in [5, 5.41) is 2.86. The first-order valence-electron chi connectivity index (χ1n) is 11.2. The number of imide groups is 2. The SMILES string of the molecule is CCOc1cc(/C=C2/C(=O)NC(=O)N(c3ccc(Br)c(C)c3)C2=O)cc(I)c1OCc1cccc(Cl)c1. The zero-order valence-corrected chi connectivity index (χ0v) is 24.3. The van der Waals surface area contributed by atoms with Gasteiger partial charge in [-0.2, -0.15) is 0 Å². The van der Waals surface area contributed by atoms with Gasteiger partial charge in [0.25, 0.3) is 11.8 Å². The Balaban J connectivity index is 1.67. The molecule has 0 radical (unpaired) electrons. The zero-order chi connectivity index (χ0) is 26.7. The molecule has 7 nitrogen and oxygen atoms in total. The molecule has 0 unspecified atom stereocenters. The van der Waals surface area contributed by atoms with Gasteiger partial charge in [0.1, 0.15) is 12.2 Å². The normalized spacial score (nSPS) is 14.7. The van der Waals surface area contributed by atoms with Gasteiger partial charge in [-0.25, -0.2) is 9.69 Å². The molecule has 3 aromatic carbocycles. The lowest BCUT2D eigenvalue weighted by Crippen LogP contribution is -2.54. The number of nitrogens with one attached hydrogen (secondary N) is 1. The molecule has 1 aliphatic rings. The molecule has 190 valence electrons. The largest absolute Gasteiger partial charge is 0.490 e. The summed E-state index contributed by atoms with van der Waals surface area (Å²) in [6.45, 7) is 4.35. The summed E-state index contributed by atoms with van der Waals surface area (Å²) in [6, 6.07) is 15.1. The van der Waals surface area contributed by atoms with Gasteiger partial charge in [0.2, 0.25) is 0 Å². The van der Waals surface area contributed by atoms with E-state index in [0.29, 0.717) is 34.4 Å². The molecular weight excluding hydrogens is 675 g/mol. The maximum absolute atomic E-state index is 13.3. The number of hydrogen-bond acceptors (Lipinski definition) is 5. The molecule has 1 N–H and O–H groups in total. The van der Waals surface area contributed by atoms with Crippen LogP contribution in [0.3, 0.4) is 0 Å². The highest BCUT2D eigenvalue weighted by Crippen LogP contribution is 2.36. The maximum atomic E-state index is 13.3. The summed E-state index contributed by atoms with van der Waals surface area (Å²) < 4.78 is 13.4. The van der Waals surface area contributed by atoms with E-state index in [4.69, 9.17) is 21.1 Å². The fraction of sp³-hybridized carbons (Fsp3) is 0.148. The number of aryl methyl sites for hydroxylation is 1. The van der Waals surface area contributed by atoms with Crippen LogP contribution in [-0.2, 0) is 16.2 Å². The number of urea groups is 1. The maximum Gasteiger partial charge on any atom is 0.335 e. The minimum Gasteiger partial charge on any atom is -0.490 e. The van der Waals surface area contributed by atoms with Crippen molar-refractivity contribution < 1.29 is 23.9 Å². The van der Waals surface area contributed by atoms with Gasteiger partial charge in [0.15, 0.2) is 11.5 Å². The van der Waals surface area contributed by atoms with Crippen LogP contribution in [0.1, 0.15) is 23.6 Å². The van der Waals surface area contributed by atoms with E-state index in [2.05, 4.69) is 43.8 Å². The third-order valence-electron chi connectivity index (χ3n) is 5.42. The number of rotatable bonds is 7. The summed E-state index contributed by atoms with van der Waals surface area (Å²) in [6.07, 6.45) is 1.44. The van der Waals surface area contributed by atoms with E-state index >= 15 is 0 Å². The number of carbonyl (C=O) groups excluding carboxylic acids is 3. The highest BCUT2D eigenvalue weighted by atomic mass is 127. The summed E-state index contributed by atoms with van der Waals surface area (Å²) >= 11 is 11.6. The number of amides is 4. The first-order chi connectivity index (χ1) is 17.7. The Kier molecular flexibility index (Phi) is 8.56. The summed E-state index contributed by atoms with van der Waals surface area (Å²) in [4.78, 5) is 39.4. The molecule has 0 saturated carbocycles. The molecule has 0 atom stereocenters. The molecule has 1 aliphatic heterocycles. The van der Waals surface area contributed by atoms with Crippen LogP contribution in [0.4, 0.5) is 10.5 Å². The second-order valence-electron chi connectivity index (χ2n) is 8.07. The lowest BCUT2D eigenvalue weighted by atomic mass is 10.1.